The Morgan fingerprint density at radius 1 is 1.10 bits per heavy atom. The molecule has 4 rings (SSSR count). The van der Waals surface area contributed by atoms with Crippen LogP contribution < -0.4 is 4.74 Å². The van der Waals surface area contributed by atoms with E-state index in [0.717, 1.165) is 33.5 Å². The number of carbonyl (C=O) groups is 1. The van der Waals surface area contributed by atoms with Gasteiger partial charge in [0, 0.05) is 25.8 Å². The summed E-state index contributed by atoms with van der Waals surface area (Å²) in [5.41, 5.74) is 3.38. The van der Waals surface area contributed by atoms with E-state index in [0.29, 0.717) is 18.9 Å². The maximum atomic E-state index is 12.4. The van der Waals surface area contributed by atoms with Gasteiger partial charge in [-0.15, -0.1) is 0 Å². The molecule has 0 saturated heterocycles. The summed E-state index contributed by atoms with van der Waals surface area (Å²) >= 11 is 0. The molecule has 3 aromatic heterocycles. The average Bonchev–Trinajstić information content (AvgIpc) is 3.23. The molecule has 0 aliphatic carbocycles. The van der Waals surface area contributed by atoms with Crippen LogP contribution in [0.15, 0.2) is 30.5 Å². The maximum absolute atomic E-state index is 12.4. The summed E-state index contributed by atoms with van der Waals surface area (Å²) in [6.07, 6.45) is 1.83. The van der Waals surface area contributed by atoms with Gasteiger partial charge >= 0.3 is 5.97 Å². The third-order valence-electron chi connectivity index (χ3n) is 4.98. The minimum absolute atomic E-state index is 0.187. The van der Waals surface area contributed by atoms with Gasteiger partial charge in [0.1, 0.15) is 16.9 Å². The van der Waals surface area contributed by atoms with Crippen LogP contribution in [0, 0.1) is 5.92 Å². The fraction of sp³-hybridized carbons (Fsp3) is 0.409. The van der Waals surface area contributed by atoms with Crippen LogP contribution in [-0.2, 0) is 16.1 Å². The second kappa shape index (κ2) is 7.48. The highest BCUT2D eigenvalue weighted by molar-refractivity contribution is 6.01. The standard InChI is InChI=1S/C22H26N4O3/c1-13(2)19-24-20-18(21-23-15-8-6-7-9-16(15)26(19)21)17(29-22(27)14(3)4)12-25(20)10-11-28-5/h6-9,12-14H,10-11H2,1-5H3. The molecule has 0 unspecified atom stereocenters. The molecule has 0 saturated carbocycles. The number of hydrogen-bond donors (Lipinski definition) is 0. The van der Waals surface area contributed by atoms with E-state index in [1.54, 1.807) is 7.11 Å². The number of fused-ring (bicyclic) bond motifs is 5. The molecule has 1 aromatic carbocycles. The van der Waals surface area contributed by atoms with Crippen molar-refractivity contribution in [2.24, 2.45) is 5.92 Å². The van der Waals surface area contributed by atoms with Gasteiger partial charge in [-0.1, -0.05) is 39.8 Å². The fourth-order valence-electron chi connectivity index (χ4n) is 3.49. The van der Waals surface area contributed by atoms with Crippen LogP contribution in [-0.4, -0.2) is 38.6 Å². The molecule has 0 aliphatic rings. The lowest BCUT2D eigenvalue weighted by Crippen LogP contribution is -2.14. The molecule has 0 amide bonds. The summed E-state index contributed by atoms with van der Waals surface area (Å²) < 4.78 is 15.1. The summed E-state index contributed by atoms with van der Waals surface area (Å²) in [6.45, 7) is 9.01. The molecule has 0 radical (unpaired) electrons. The molecule has 0 aliphatic heterocycles. The molecule has 152 valence electrons. The zero-order chi connectivity index (χ0) is 20.7. The molecule has 0 N–H and O–H groups in total. The van der Waals surface area contributed by atoms with E-state index in [2.05, 4.69) is 18.2 Å². The predicted molar refractivity (Wildman–Crippen MR) is 112 cm³/mol. The molecular formula is C22H26N4O3. The van der Waals surface area contributed by atoms with E-state index in [4.69, 9.17) is 19.4 Å². The Kier molecular flexibility index (Phi) is 5.00. The van der Waals surface area contributed by atoms with Crippen molar-refractivity contribution >= 4 is 33.7 Å². The lowest BCUT2D eigenvalue weighted by Gasteiger charge is -2.12. The molecule has 29 heavy (non-hydrogen) atoms. The van der Waals surface area contributed by atoms with Crippen LogP contribution in [0.25, 0.3) is 27.7 Å². The monoisotopic (exact) mass is 394 g/mol. The van der Waals surface area contributed by atoms with E-state index in [-0.39, 0.29) is 17.8 Å². The second-order valence-corrected chi connectivity index (χ2v) is 7.84. The first-order chi connectivity index (χ1) is 13.9. The van der Waals surface area contributed by atoms with Gasteiger partial charge in [0.25, 0.3) is 0 Å². The van der Waals surface area contributed by atoms with Gasteiger partial charge in [-0.2, -0.15) is 0 Å². The second-order valence-electron chi connectivity index (χ2n) is 7.84. The molecule has 0 bridgehead atoms. The molecule has 7 nitrogen and oxygen atoms in total. The van der Waals surface area contributed by atoms with E-state index < -0.39 is 0 Å². The van der Waals surface area contributed by atoms with Crippen LogP contribution in [0.4, 0.5) is 0 Å². The smallest absolute Gasteiger partial charge is 0.313 e. The van der Waals surface area contributed by atoms with Gasteiger partial charge in [-0.3, -0.25) is 9.20 Å². The lowest BCUT2D eigenvalue weighted by molar-refractivity contribution is -0.137. The summed E-state index contributed by atoms with van der Waals surface area (Å²) in [4.78, 5) is 22.2. The topological polar surface area (TPSA) is 70.7 Å². The predicted octanol–water partition coefficient (Wildman–Crippen LogP) is 4.17. The fourth-order valence-corrected chi connectivity index (χ4v) is 3.49. The number of esters is 1. The van der Waals surface area contributed by atoms with Gasteiger partial charge in [-0.05, 0) is 12.1 Å². The number of rotatable bonds is 6. The number of para-hydroxylation sites is 2. The summed E-state index contributed by atoms with van der Waals surface area (Å²) in [5.74, 6) is 1.08. The van der Waals surface area contributed by atoms with Crippen molar-refractivity contribution in [2.75, 3.05) is 13.7 Å². The Balaban J connectivity index is 2.09. The van der Waals surface area contributed by atoms with E-state index in [9.17, 15) is 4.79 Å². The molecule has 0 spiro atoms. The lowest BCUT2D eigenvalue weighted by atomic mass is 10.2. The zero-order valence-electron chi connectivity index (χ0n) is 17.5. The Labute approximate surface area is 169 Å². The Bertz CT molecular complexity index is 1200. The number of benzene rings is 1. The highest BCUT2D eigenvalue weighted by atomic mass is 16.5. The number of carbonyl (C=O) groups excluding carboxylic acids is 1. The van der Waals surface area contributed by atoms with Crippen LogP contribution in [0.1, 0.15) is 39.4 Å². The van der Waals surface area contributed by atoms with Crippen LogP contribution >= 0.6 is 0 Å². The Hall–Kier alpha value is -2.93. The highest BCUT2D eigenvalue weighted by Crippen LogP contribution is 2.35. The van der Waals surface area contributed by atoms with E-state index in [1.165, 1.54) is 0 Å². The summed E-state index contributed by atoms with van der Waals surface area (Å²) in [5, 5.41) is 0.746. The third kappa shape index (κ3) is 3.25. The normalized spacial score (nSPS) is 12.1. The first-order valence-corrected chi connectivity index (χ1v) is 9.93. The van der Waals surface area contributed by atoms with E-state index in [1.807, 2.05) is 48.9 Å². The van der Waals surface area contributed by atoms with Gasteiger partial charge in [0.2, 0.25) is 0 Å². The summed E-state index contributed by atoms with van der Waals surface area (Å²) in [7, 11) is 1.66. The average molecular weight is 394 g/mol. The van der Waals surface area contributed by atoms with Crippen molar-refractivity contribution in [1.82, 2.24) is 18.9 Å². The van der Waals surface area contributed by atoms with Crippen molar-refractivity contribution in [2.45, 2.75) is 40.2 Å². The minimum Gasteiger partial charge on any atom is -0.424 e. The maximum Gasteiger partial charge on any atom is 0.313 e. The van der Waals surface area contributed by atoms with Crippen LogP contribution in [0.3, 0.4) is 0 Å². The zero-order valence-corrected chi connectivity index (χ0v) is 17.5. The van der Waals surface area contributed by atoms with Crippen LogP contribution in [0.5, 0.6) is 5.75 Å². The Morgan fingerprint density at radius 3 is 2.55 bits per heavy atom. The summed E-state index contributed by atoms with van der Waals surface area (Å²) in [6, 6.07) is 7.99. The SMILES string of the molecule is COCCn1cc(OC(=O)C(C)C)c2c1nc(C(C)C)n1c3ccccc3nc21. The Morgan fingerprint density at radius 2 is 1.86 bits per heavy atom. The van der Waals surface area contributed by atoms with Gasteiger partial charge < -0.3 is 14.0 Å². The van der Waals surface area contributed by atoms with Crippen molar-refractivity contribution in [3.63, 3.8) is 0 Å². The van der Waals surface area contributed by atoms with Crippen molar-refractivity contribution < 1.29 is 14.3 Å². The molecule has 4 aromatic rings. The largest absolute Gasteiger partial charge is 0.424 e. The number of hydrogen-bond acceptors (Lipinski definition) is 5. The van der Waals surface area contributed by atoms with Crippen LogP contribution in [0.2, 0.25) is 0 Å². The van der Waals surface area contributed by atoms with E-state index >= 15 is 0 Å². The molecule has 0 fully saturated rings. The third-order valence-corrected chi connectivity index (χ3v) is 4.98. The number of ether oxygens (including phenoxy) is 2. The van der Waals surface area contributed by atoms with Crippen molar-refractivity contribution in [1.29, 1.82) is 0 Å². The number of imidazole rings is 1. The quantitative estimate of drug-likeness (QED) is 0.459. The van der Waals surface area contributed by atoms with Crippen molar-refractivity contribution in [3.05, 3.63) is 36.3 Å². The van der Waals surface area contributed by atoms with Gasteiger partial charge in [-0.25, -0.2) is 9.97 Å². The molecule has 0 atom stereocenters. The minimum atomic E-state index is -0.280. The first-order valence-electron chi connectivity index (χ1n) is 9.93. The number of nitrogens with zero attached hydrogens (tertiary/aromatic N) is 4. The molecule has 3 heterocycles. The molecular weight excluding hydrogens is 368 g/mol. The highest BCUT2D eigenvalue weighted by Gasteiger charge is 2.23. The van der Waals surface area contributed by atoms with Crippen molar-refractivity contribution in [3.8, 4) is 5.75 Å². The first kappa shape index (κ1) is 19.4. The van der Waals surface area contributed by atoms with Gasteiger partial charge in [0.05, 0.1) is 23.6 Å². The number of aromatic nitrogens is 4. The van der Waals surface area contributed by atoms with Gasteiger partial charge in [0.15, 0.2) is 11.4 Å². The molecule has 7 heteroatoms. The number of methoxy groups -OCH3 is 1.